The van der Waals surface area contributed by atoms with Crippen molar-refractivity contribution >= 4 is 5.97 Å². The van der Waals surface area contributed by atoms with Crippen molar-refractivity contribution < 1.29 is 9.90 Å². The Morgan fingerprint density at radius 3 is 2.74 bits per heavy atom. The monoisotopic (exact) mass is 267 g/mol. The number of hydrogen-bond acceptors (Lipinski definition) is 2. The maximum atomic E-state index is 11.9. The Bertz CT molecular complexity index is 318. The standard InChI is InChI=1S/C16H29NO2/c1-3-14-8-4-5-10-17(14)12-16(15(18)19)9-6-7-13(2)11-16/h13-14H,3-12H2,1-2H3,(H,18,19). The van der Waals surface area contributed by atoms with Crippen LogP contribution in [-0.2, 0) is 4.79 Å². The maximum absolute atomic E-state index is 11.9. The van der Waals surface area contributed by atoms with Crippen molar-refractivity contribution in [1.82, 2.24) is 4.90 Å². The zero-order valence-electron chi connectivity index (χ0n) is 12.5. The summed E-state index contributed by atoms with van der Waals surface area (Å²) in [6, 6.07) is 0.613. The minimum atomic E-state index is -0.556. The smallest absolute Gasteiger partial charge is 0.310 e. The van der Waals surface area contributed by atoms with Crippen LogP contribution in [0.1, 0.15) is 65.2 Å². The molecule has 2 fully saturated rings. The minimum Gasteiger partial charge on any atom is -0.481 e. The van der Waals surface area contributed by atoms with Gasteiger partial charge < -0.3 is 5.11 Å². The molecule has 0 aromatic rings. The second kappa shape index (κ2) is 6.25. The molecule has 1 aliphatic carbocycles. The lowest BCUT2D eigenvalue weighted by atomic mass is 9.69. The van der Waals surface area contributed by atoms with Crippen LogP contribution in [0.25, 0.3) is 0 Å². The van der Waals surface area contributed by atoms with E-state index in [2.05, 4.69) is 18.7 Å². The van der Waals surface area contributed by atoms with Gasteiger partial charge in [-0.25, -0.2) is 0 Å². The molecule has 2 rings (SSSR count). The number of carboxylic acids is 1. The van der Waals surface area contributed by atoms with E-state index in [1.807, 2.05) is 0 Å². The van der Waals surface area contributed by atoms with Crippen molar-refractivity contribution in [2.45, 2.75) is 71.3 Å². The number of likely N-dealkylation sites (tertiary alicyclic amines) is 1. The summed E-state index contributed by atoms with van der Waals surface area (Å²) in [6.45, 7) is 6.33. The van der Waals surface area contributed by atoms with Crippen LogP contribution in [0.15, 0.2) is 0 Å². The molecule has 0 radical (unpaired) electrons. The van der Waals surface area contributed by atoms with Crippen LogP contribution in [0.3, 0.4) is 0 Å². The molecule has 0 spiro atoms. The summed E-state index contributed by atoms with van der Waals surface area (Å²) < 4.78 is 0. The summed E-state index contributed by atoms with van der Waals surface area (Å²) >= 11 is 0. The largest absolute Gasteiger partial charge is 0.481 e. The number of piperidine rings is 1. The lowest BCUT2D eigenvalue weighted by Crippen LogP contribution is -2.50. The molecule has 0 aromatic heterocycles. The first-order valence-electron chi connectivity index (χ1n) is 8.05. The van der Waals surface area contributed by atoms with Crippen molar-refractivity contribution in [3.63, 3.8) is 0 Å². The summed E-state index contributed by atoms with van der Waals surface area (Å²) in [5, 5.41) is 9.77. The van der Waals surface area contributed by atoms with E-state index in [1.165, 1.54) is 25.7 Å². The van der Waals surface area contributed by atoms with Crippen LogP contribution in [0, 0.1) is 11.3 Å². The maximum Gasteiger partial charge on any atom is 0.310 e. The Morgan fingerprint density at radius 1 is 1.32 bits per heavy atom. The van der Waals surface area contributed by atoms with Gasteiger partial charge in [0.25, 0.3) is 0 Å². The molecule has 1 saturated heterocycles. The Kier molecular flexibility index (Phi) is 4.88. The van der Waals surface area contributed by atoms with Crippen LogP contribution in [-0.4, -0.2) is 35.1 Å². The van der Waals surface area contributed by atoms with Gasteiger partial charge in [-0.15, -0.1) is 0 Å². The van der Waals surface area contributed by atoms with Gasteiger partial charge >= 0.3 is 5.97 Å². The van der Waals surface area contributed by atoms with Crippen molar-refractivity contribution in [1.29, 1.82) is 0 Å². The SMILES string of the molecule is CCC1CCCCN1CC1(C(=O)O)CCCC(C)C1. The van der Waals surface area contributed by atoms with E-state index in [4.69, 9.17) is 0 Å². The topological polar surface area (TPSA) is 40.5 Å². The molecule has 0 amide bonds. The first-order valence-corrected chi connectivity index (χ1v) is 8.05. The molecule has 3 nitrogen and oxygen atoms in total. The number of nitrogens with zero attached hydrogens (tertiary/aromatic N) is 1. The van der Waals surface area contributed by atoms with E-state index >= 15 is 0 Å². The van der Waals surface area contributed by atoms with E-state index in [9.17, 15) is 9.90 Å². The lowest BCUT2D eigenvalue weighted by Gasteiger charge is -2.44. The third-order valence-electron chi connectivity index (χ3n) is 5.27. The average Bonchev–Trinajstić information content (AvgIpc) is 2.39. The van der Waals surface area contributed by atoms with Gasteiger partial charge in [-0.1, -0.05) is 33.1 Å². The number of carbonyl (C=O) groups is 1. The van der Waals surface area contributed by atoms with Gasteiger partial charge in [0.15, 0.2) is 0 Å². The summed E-state index contributed by atoms with van der Waals surface area (Å²) in [4.78, 5) is 14.3. The van der Waals surface area contributed by atoms with Crippen molar-refractivity contribution in [2.75, 3.05) is 13.1 Å². The Balaban J connectivity index is 2.09. The van der Waals surface area contributed by atoms with Crippen molar-refractivity contribution in [3.05, 3.63) is 0 Å². The minimum absolute atomic E-state index is 0.470. The van der Waals surface area contributed by atoms with Gasteiger partial charge in [0.1, 0.15) is 0 Å². The van der Waals surface area contributed by atoms with Crippen LogP contribution < -0.4 is 0 Å². The summed E-state index contributed by atoms with van der Waals surface area (Å²) in [5.74, 6) is 0.00851. The highest BCUT2D eigenvalue weighted by Crippen LogP contribution is 2.41. The summed E-state index contributed by atoms with van der Waals surface area (Å²) in [5.41, 5.74) is -0.470. The van der Waals surface area contributed by atoms with E-state index < -0.39 is 11.4 Å². The molecule has 3 unspecified atom stereocenters. The predicted octanol–water partition coefficient (Wildman–Crippen LogP) is 3.53. The molecule has 19 heavy (non-hydrogen) atoms. The molecular weight excluding hydrogens is 238 g/mol. The van der Waals surface area contributed by atoms with E-state index in [0.717, 1.165) is 38.8 Å². The Hall–Kier alpha value is -0.570. The Morgan fingerprint density at radius 2 is 2.11 bits per heavy atom. The number of carboxylic acid groups (broad SMARTS) is 1. The fraction of sp³-hybridized carbons (Fsp3) is 0.938. The van der Waals surface area contributed by atoms with Crippen LogP contribution >= 0.6 is 0 Å². The molecule has 0 bridgehead atoms. The molecular formula is C16H29NO2. The van der Waals surface area contributed by atoms with E-state index in [1.54, 1.807) is 0 Å². The molecule has 1 aliphatic heterocycles. The lowest BCUT2D eigenvalue weighted by molar-refractivity contribution is -0.154. The van der Waals surface area contributed by atoms with Crippen LogP contribution in [0.4, 0.5) is 0 Å². The second-order valence-corrected chi connectivity index (χ2v) is 6.82. The fourth-order valence-electron chi connectivity index (χ4n) is 4.18. The Labute approximate surface area is 117 Å². The number of aliphatic carboxylic acids is 1. The zero-order chi connectivity index (χ0) is 13.9. The van der Waals surface area contributed by atoms with Crippen molar-refractivity contribution in [2.24, 2.45) is 11.3 Å². The quantitative estimate of drug-likeness (QED) is 0.847. The molecule has 1 N–H and O–H groups in total. The van der Waals surface area contributed by atoms with Crippen LogP contribution in [0.5, 0.6) is 0 Å². The predicted molar refractivity (Wildman–Crippen MR) is 77.2 cm³/mol. The molecule has 2 aliphatic rings. The number of rotatable bonds is 4. The molecule has 3 heteroatoms. The molecule has 3 atom stereocenters. The van der Waals surface area contributed by atoms with Crippen LogP contribution in [0.2, 0.25) is 0 Å². The summed E-state index contributed by atoms with van der Waals surface area (Å²) in [6.07, 6.45) is 8.99. The van der Waals surface area contributed by atoms with E-state index in [-0.39, 0.29) is 0 Å². The summed E-state index contributed by atoms with van der Waals surface area (Å²) in [7, 11) is 0. The van der Waals surface area contributed by atoms with Gasteiger partial charge in [0.05, 0.1) is 5.41 Å². The zero-order valence-corrected chi connectivity index (χ0v) is 12.5. The third-order valence-corrected chi connectivity index (χ3v) is 5.27. The second-order valence-electron chi connectivity index (χ2n) is 6.82. The normalized spacial score (nSPS) is 37.2. The van der Waals surface area contributed by atoms with Gasteiger partial charge in [-0.2, -0.15) is 0 Å². The van der Waals surface area contributed by atoms with Crippen molar-refractivity contribution in [3.8, 4) is 0 Å². The first-order chi connectivity index (χ1) is 9.07. The molecule has 1 heterocycles. The highest BCUT2D eigenvalue weighted by Gasteiger charge is 2.44. The molecule has 1 saturated carbocycles. The number of hydrogen-bond donors (Lipinski definition) is 1. The fourth-order valence-corrected chi connectivity index (χ4v) is 4.18. The van der Waals surface area contributed by atoms with Gasteiger partial charge in [-0.3, -0.25) is 9.69 Å². The third kappa shape index (κ3) is 3.31. The highest BCUT2D eigenvalue weighted by atomic mass is 16.4. The van der Waals surface area contributed by atoms with Gasteiger partial charge in [0, 0.05) is 12.6 Å². The molecule has 0 aromatic carbocycles. The first kappa shape index (κ1) is 14.8. The highest BCUT2D eigenvalue weighted by molar-refractivity contribution is 5.75. The van der Waals surface area contributed by atoms with Gasteiger partial charge in [0.2, 0.25) is 0 Å². The van der Waals surface area contributed by atoms with Gasteiger partial charge in [-0.05, 0) is 44.6 Å². The van der Waals surface area contributed by atoms with E-state index in [0.29, 0.717) is 12.0 Å². The average molecular weight is 267 g/mol. The molecule has 110 valence electrons.